The molecule has 0 radical (unpaired) electrons. The lowest BCUT2D eigenvalue weighted by Crippen LogP contribution is -2.25. The van der Waals surface area contributed by atoms with Crippen LogP contribution in [0.1, 0.15) is 19.7 Å². The van der Waals surface area contributed by atoms with E-state index in [2.05, 4.69) is 28.3 Å². The van der Waals surface area contributed by atoms with Gasteiger partial charge in [0.1, 0.15) is 5.82 Å². The summed E-state index contributed by atoms with van der Waals surface area (Å²) in [5.74, 6) is 1.19. The van der Waals surface area contributed by atoms with Crippen LogP contribution in [0.4, 0.5) is 0 Å². The van der Waals surface area contributed by atoms with E-state index in [1.807, 2.05) is 12.4 Å². The number of fused-ring (bicyclic) bond motifs is 1. The van der Waals surface area contributed by atoms with Crippen molar-refractivity contribution in [3.63, 3.8) is 0 Å². The molecular formula is C8H13N3. The van der Waals surface area contributed by atoms with E-state index >= 15 is 0 Å². The van der Waals surface area contributed by atoms with Crippen molar-refractivity contribution >= 4 is 0 Å². The highest BCUT2D eigenvalue weighted by atomic mass is 15.3. The summed E-state index contributed by atoms with van der Waals surface area (Å²) in [5.41, 5.74) is 0. The zero-order valence-electron chi connectivity index (χ0n) is 6.99. The molecule has 0 bridgehead atoms. The van der Waals surface area contributed by atoms with E-state index in [0.717, 1.165) is 13.2 Å². The van der Waals surface area contributed by atoms with Crippen LogP contribution in [0.15, 0.2) is 12.4 Å². The number of rotatable bonds is 1. The van der Waals surface area contributed by atoms with Crippen LogP contribution < -0.4 is 0 Å². The summed E-state index contributed by atoms with van der Waals surface area (Å²) in [4.78, 5) is 6.64. The molecule has 0 saturated carbocycles. The van der Waals surface area contributed by atoms with Gasteiger partial charge in [-0.25, -0.2) is 4.98 Å². The van der Waals surface area contributed by atoms with Crippen LogP contribution in [0.2, 0.25) is 0 Å². The largest absolute Gasteiger partial charge is 0.320 e. The lowest BCUT2D eigenvalue weighted by Gasteiger charge is -2.18. The Morgan fingerprint density at radius 1 is 1.55 bits per heavy atom. The number of nitrogens with zero attached hydrogens (tertiary/aromatic N) is 3. The Balaban J connectivity index is 2.16. The van der Waals surface area contributed by atoms with Crippen LogP contribution >= 0.6 is 0 Å². The first-order valence-corrected chi connectivity index (χ1v) is 4.01. The Bertz CT molecular complexity index is 231. The summed E-state index contributed by atoms with van der Waals surface area (Å²) in [6.45, 7) is 6.44. The van der Waals surface area contributed by atoms with Gasteiger partial charge in [0, 0.05) is 18.4 Å². The van der Waals surface area contributed by atoms with Crippen LogP contribution in [0.25, 0.3) is 0 Å². The molecule has 3 heteroatoms. The minimum atomic E-state index is 0.622. The number of imidazole rings is 1. The highest BCUT2D eigenvalue weighted by Crippen LogP contribution is 2.15. The van der Waals surface area contributed by atoms with Crippen LogP contribution in [0.3, 0.4) is 0 Å². The molecule has 0 atom stereocenters. The molecule has 0 N–H and O–H groups in total. The van der Waals surface area contributed by atoms with Crippen molar-refractivity contribution in [1.29, 1.82) is 0 Å². The molecule has 1 aromatic heterocycles. The van der Waals surface area contributed by atoms with Gasteiger partial charge >= 0.3 is 0 Å². The van der Waals surface area contributed by atoms with Crippen LogP contribution in [-0.4, -0.2) is 20.5 Å². The maximum absolute atomic E-state index is 4.25. The lowest BCUT2D eigenvalue weighted by molar-refractivity contribution is 0.203. The monoisotopic (exact) mass is 151 g/mol. The van der Waals surface area contributed by atoms with E-state index in [1.165, 1.54) is 5.82 Å². The standard InChI is InChI=1S/C8H13N3/c1-7(2)11-5-8-9-3-4-10(8)6-11/h3-4,7H,5-6H2,1-2H3. The third-order valence-corrected chi connectivity index (χ3v) is 2.21. The fourth-order valence-electron chi connectivity index (χ4n) is 1.39. The predicted octanol–water partition coefficient (Wildman–Crippen LogP) is 1.06. The highest BCUT2D eigenvalue weighted by molar-refractivity contribution is 4.96. The first-order chi connectivity index (χ1) is 5.27. The Kier molecular flexibility index (Phi) is 1.46. The van der Waals surface area contributed by atoms with Crippen molar-refractivity contribution in [2.45, 2.75) is 33.1 Å². The Labute approximate surface area is 66.6 Å². The number of hydrogen-bond donors (Lipinski definition) is 0. The van der Waals surface area contributed by atoms with Crippen LogP contribution in [0, 0.1) is 0 Å². The molecule has 0 unspecified atom stereocenters. The fourth-order valence-corrected chi connectivity index (χ4v) is 1.39. The molecule has 0 aromatic carbocycles. The summed E-state index contributed by atoms with van der Waals surface area (Å²) < 4.78 is 2.19. The van der Waals surface area contributed by atoms with Crippen molar-refractivity contribution in [1.82, 2.24) is 14.5 Å². The van der Waals surface area contributed by atoms with Gasteiger partial charge in [-0.3, -0.25) is 4.90 Å². The molecule has 2 rings (SSSR count). The van der Waals surface area contributed by atoms with Gasteiger partial charge in [0.25, 0.3) is 0 Å². The molecule has 1 aliphatic rings. The van der Waals surface area contributed by atoms with Crippen molar-refractivity contribution in [3.8, 4) is 0 Å². The summed E-state index contributed by atoms with van der Waals surface area (Å²) in [5, 5.41) is 0. The van der Waals surface area contributed by atoms with Gasteiger partial charge < -0.3 is 4.57 Å². The smallest absolute Gasteiger partial charge is 0.124 e. The molecule has 1 aromatic rings. The van der Waals surface area contributed by atoms with E-state index in [-0.39, 0.29) is 0 Å². The van der Waals surface area contributed by atoms with Gasteiger partial charge in [-0.1, -0.05) is 0 Å². The summed E-state index contributed by atoms with van der Waals surface area (Å²) >= 11 is 0. The zero-order valence-corrected chi connectivity index (χ0v) is 6.99. The van der Waals surface area contributed by atoms with Crippen LogP contribution in [-0.2, 0) is 13.2 Å². The van der Waals surface area contributed by atoms with Gasteiger partial charge in [0.2, 0.25) is 0 Å². The molecule has 60 valence electrons. The average molecular weight is 151 g/mol. The first kappa shape index (κ1) is 6.85. The second-order valence-electron chi connectivity index (χ2n) is 3.30. The van der Waals surface area contributed by atoms with E-state index in [1.54, 1.807) is 0 Å². The maximum atomic E-state index is 4.25. The summed E-state index contributed by atoms with van der Waals surface area (Å²) in [7, 11) is 0. The third kappa shape index (κ3) is 1.05. The summed E-state index contributed by atoms with van der Waals surface area (Å²) in [6.07, 6.45) is 3.91. The molecule has 3 nitrogen and oxygen atoms in total. The van der Waals surface area contributed by atoms with Crippen LogP contribution in [0.5, 0.6) is 0 Å². The molecule has 11 heavy (non-hydrogen) atoms. The van der Waals surface area contributed by atoms with Gasteiger partial charge in [-0.15, -0.1) is 0 Å². The third-order valence-electron chi connectivity index (χ3n) is 2.21. The van der Waals surface area contributed by atoms with Crippen molar-refractivity contribution in [2.24, 2.45) is 0 Å². The number of aromatic nitrogens is 2. The molecular weight excluding hydrogens is 138 g/mol. The van der Waals surface area contributed by atoms with Gasteiger partial charge in [-0.2, -0.15) is 0 Å². The lowest BCUT2D eigenvalue weighted by atomic mass is 10.3. The molecule has 1 aliphatic heterocycles. The Morgan fingerprint density at radius 3 is 3.00 bits per heavy atom. The maximum Gasteiger partial charge on any atom is 0.124 e. The molecule has 0 fully saturated rings. The second kappa shape index (κ2) is 2.34. The second-order valence-corrected chi connectivity index (χ2v) is 3.30. The van der Waals surface area contributed by atoms with E-state index < -0.39 is 0 Å². The van der Waals surface area contributed by atoms with Gasteiger partial charge in [-0.05, 0) is 13.8 Å². The predicted molar refractivity (Wildman–Crippen MR) is 42.9 cm³/mol. The Hall–Kier alpha value is -0.830. The highest BCUT2D eigenvalue weighted by Gasteiger charge is 2.20. The van der Waals surface area contributed by atoms with Gasteiger partial charge in [0.05, 0.1) is 13.2 Å². The minimum absolute atomic E-state index is 0.622. The van der Waals surface area contributed by atoms with Gasteiger partial charge in [0.15, 0.2) is 0 Å². The molecule has 0 amide bonds. The normalized spacial score (nSPS) is 17.7. The molecule has 2 heterocycles. The van der Waals surface area contributed by atoms with Crippen molar-refractivity contribution < 1.29 is 0 Å². The first-order valence-electron chi connectivity index (χ1n) is 4.01. The van der Waals surface area contributed by atoms with E-state index in [4.69, 9.17) is 0 Å². The topological polar surface area (TPSA) is 21.1 Å². The summed E-state index contributed by atoms with van der Waals surface area (Å²) in [6, 6.07) is 0.622. The average Bonchev–Trinajstić information content (AvgIpc) is 2.40. The molecule has 0 saturated heterocycles. The SMILES string of the molecule is CC(C)N1Cc2nccn2C1. The van der Waals surface area contributed by atoms with Crippen molar-refractivity contribution in [2.75, 3.05) is 0 Å². The van der Waals surface area contributed by atoms with E-state index in [0.29, 0.717) is 6.04 Å². The fraction of sp³-hybridized carbons (Fsp3) is 0.625. The van der Waals surface area contributed by atoms with Crippen molar-refractivity contribution in [3.05, 3.63) is 18.2 Å². The zero-order chi connectivity index (χ0) is 7.84. The van der Waals surface area contributed by atoms with E-state index in [9.17, 15) is 0 Å². The quantitative estimate of drug-likeness (QED) is 0.598. The number of hydrogen-bond acceptors (Lipinski definition) is 2. The minimum Gasteiger partial charge on any atom is -0.320 e. The molecule has 0 aliphatic carbocycles. The molecule has 0 spiro atoms. The Morgan fingerprint density at radius 2 is 2.36 bits per heavy atom.